The quantitative estimate of drug-likeness (QED) is 0.739. The molecule has 70 valence electrons. The Morgan fingerprint density at radius 3 is 2.85 bits per heavy atom. The molecule has 2 nitrogen and oxygen atoms in total. The lowest BCUT2D eigenvalue weighted by Crippen LogP contribution is -2.14. The van der Waals surface area contributed by atoms with Crippen molar-refractivity contribution in [1.29, 1.82) is 0 Å². The van der Waals surface area contributed by atoms with Crippen molar-refractivity contribution in [2.45, 2.75) is 25.8 Å². The number of hydrogen-bond acceptors (Lipinski definition) is 2. The van der Waals surface area contributed by atoms with Crippen LogP contribution < -0.4 is 5.73 Å². The number of nitrogens with two attached hydrogens (primary N) is 1. The summed E-state index contributed by atoms with van der Waals surface area (Å²) in [6.07, 6.45) is 4.31. The van der Waals surface area contributed by atoms with Gasteiger partial charge in [-0.25, -0.2) is 4.98 Å². The largest absolute Gasteiger partial charge is 0.324 e. The van der Waals surface area contributed by atoms with Crippen molar-refractivity contribution in [3.63, 3.8) is 0 Å². The van der Waals surface area contributed by atoms with E-state index >= 15 is 0 Å². The first kappa shape index (κ1) is 8.97. The van der Waals surface area contributed by atoms with Crippen LogP contribution in [0.4, 0.5) is 0 Å². The van der Waals surface area contributed by atoms with Crippen molar-refractivity contribution in [3.8, 4) is 0 Å². The molecule has 1 fully saturated rings. The summed E-state index contributed by atoms with van der Waals surface area (Å²) in [6.45, 7) is 2.03. The molecule has 1 saturated carbocycles. The standard InChI is InChI=1S/C10H13ClN2/c1-6-4-9(11)13-5-8(6)10(12)7-2-3-7/h4-5,7,10H,2-3,12H2,1H3/t10-/m1/s1. The molecular formula is C10H13ClN2. The third-order valence-electron chi connectivity index (χ3n) is 2.61. The second-order valence-electron chi connectivity index (χ2n) is 3.73. The highest BCUT2D eigenvalue weighted by Crippen LogP contribution is 2.40. The molecule has 3 heteroatoms. The summed E-state index contributed by atoms with van der Waals surface area (Å²) in [5.41, 5.74) is 8.37. The third kappa shape index (κ3) is 1.84. The van der Waals surface area contributed by atoms with Crippen molar-refractivity contribution in [2.24, 2.45) is 11.7 Å². The molecule has 1 aromatic heterocycles. The van der Waals surface area contributed by atoms with Gasteiger partial charge in [0.2, 0.25) is 0 Å². The minimum absolute atomic E-state index is 0.157. The summed E-state index contributed by atoms with van der Waals surface area (Å²) in [5, 5.41) is 0.546. The fraction of sp³-hybridized carbons (Fsp3) is 0.500. The van der Waals surface area contributed by atoms with Crippen LogP contribution in [0, 0.1) is 12.8 Å². The van der Waals surface area contributed by atoms with Gasteiger partial charge < -0.3 is 5.73 Å². The minimum Gasteiger partial charge on any atom is -0.324 e. The van der Waals surface area contributed by atoms with Crippen LogP contribution in [-0.2, 0) is 0 Å². The van der Waals surface area contributed by atoms with E-state index in [2.05, 4.69) is 4.98 Å². The van der Waals surface area contributed by atoms with E-state index in [1.165, 1.54) is 12.8 Å². The monoisotopic (exact) mass is 196 g/mol. The van der Waals surface area contributed by atoms with E-state index in [4.69, 9.17) is 17.3 Å². The molecule has 0 amide bonds. The molecule has 0 radical (unpaired) electrons. The Hall–Kier alpha value is -0.600. The molecule has 1 aliphatic carbocycles. The van der Waals surface area contributed by atoms with Crippen LogP contribution in [0.25, 0.3) is 0 Å². The highest BCUT2D eigenvalue weighted by Gasteiger charge is 2.30. The van der Waals surface area contributed by atoms with Crippen LogP contribution in [0.15, 0.2) is 12.3 Å². The number of rotatable bonds is 2. The molecule has 0 saturated heterocycles. The van der Waals surface area contributed by atoms with E-state index in [1.807, 2.05) is 13.0 Å². The predicted octanol–water partition coefficient (Wildman–Crippen LogP) is 2.45. The maximum Gasteiger partial charge on any atom is 0.129 e. The van der Waals surface area contributed by atoms with Gasteiger partial charge in [-0.1, -0.05) is 11.6 Å². The summed E-state index contributed by atoms with van der Waals surface area (Å²) in [6, 6.07) is 2.03. The maximum absolute atomic E-state index is 6.07. The molecule has 0 aromatic carbocycles. The second-order valence-corrected chi connectivity index (χ2v) is 4.11. The van der Waals surface area contributed by atoms with Crippen molar-refractivity contribution in [1.82, 2.24) is 4.98 Å². The molecule has 0 spiro atoms. The summed E-state index contributed by atoms with van der Waals surface area (Å²) >= 11 is 5.76. The molecule has 2 N–H and O–H groups in total. The van der Waals surface area contributed by atoms with Gasteiger partial charge in [0.25, 0.3) is 0 Å². The zero-order chi connectivity index (χ0) is 9.42. The van der Waals surface area contributed by atoms with Gasteiger partial charge in [0.1, 0.15) is 5.15 Å². The van der Waals surface area contributed by atoms with Gasteiger partial charge in [-0.2, -0.15) is 0 Å². The van der Waals surface area contributed by atoms with Gasteiger partial charge in [0.15, 0.2) is 0 Å². The highest BCUT2D eigenvalue weighted by atomic mass is 35.5. The van der Waals surface area contributed by atoms with Crippen LogP contribution in [-0.4, -0.2) is 4.98 Å². The Morgan fingerprint density at radius 1 is 1.62 bits per heavy atom. The smallest absolute Gasteiger partial charge is 0.129 e. The van der Waals surface area contributed by atoms with Gasteiger partial charge >= 0.3 is 0 Å². The van der Waals surface area contributed by atoms with E-state index < -0.39 is 0 Å². The molecule has 1 aromatic rings. The zero-order valence-corrected chi connectivity index (χ0v) is 8.38. The maximum atomic E-state index is 6.07. The molecule has 0 bridgehead atoms. The lowest BCUT2D eigenvalue weighted by atomic mass is 10.0. The molecule has 1 atom stereocenters. The predicted molar refractivity (Wildman–Crippen MR) is 53.6 cm³/mol. The normalized spacial score (nSPS) is 18.7. The number of aryl methyl sites for hydroxylation is 1. The van der Waals surface area contributed by atoms with E-state index in [1.54, 1.807) is 6.20 Å². The van der Waals surface area contributed by atoms with Crippen LogP contribution in [0.5, 0.6) is 0 Å². The third-order valence-corrected chi connectivity index (χ3v) is 2.81. The Kier molecular flexibility index (Phi) is 2.26. The number of pyridine rings is 1. The van der Waals surface area contributed by atoms with Crippen LogP contribution in [0.2, 0.25) is 5.15 Å². The first-order valence-corrected chi connectivity index (χ1v) is 4.94. The average Bonchev–Trinajstić information content (AvgIpc) is 2.85. The van der Waals surface area contributed by atoms with Gasteiger partial charge in [-0.3, -0.25) is 0 Å². The summed E-state index contributed by atoms with van der Waals surface area (Å²) in [7, 11) is 0. The fourth-order valence-electron chi connectivity index (χ4n) is 1.59. The second kappa shape index (κ2) is 3.28. The Labute approximate surface area is 83.1 Å². The van der Waals surface area contributed by atoms with Crippen molar-refractivity contribution < 1.29 is 0 Å². The molecule has 0 aliphatic heterocycles. The van der Waals surface area contributed by atoms with E-state index in [-0.39, 0.29) is 6.04 Å². The molecular weight excluding hydrogens is 184 g/mol. The Balaban J connectivity index is 2.28. The number of halogens is 1. The van der Waals surface area contributed by atoms with Crippen molar-refractivity contribution in [3.05, 3.63) is 28.5 Å². The first-order valence-electron chi connectivity index (χ1n) is 4.56. The molecule has 13 heavy (non-hydrogen) atoms. The SMILES string of the molecule is Cc1cc(Cl)ncc1[C@H](N)C1CC1. The fourth-order valence-corrected chi connectivity index (χ4v) is 1.80. The molecule has 1 heterocycles. The van der Waals surface area contributed by atoms with E-state index in [0.717, 1.165) is 11.1 Å². The van der Waals surface area contributed by atoms with Gasteiger partial charge in [0, 0.05) is 12.2 Å². The lowest BCUT2D eigenvalue weighted by molar-refractivity contribution is 0.627. The average molecular weight is 197 g/mol. The van der Waals surface area contributed by atoms with Gasteiger partial charge in [-0.05, 0) is 42.9 Å². The highest BCUT2D eigenvalue weighted by molar-refractivity contribution is 6.29. The van der Waals surface area contributed by atoms with Crippen LogP contribution in [0.1, 0.15) is 30.0 Å². The Bertz CT molecular complexity index is 321. The van der Waals surface area contributed by atoms with Crippen molar-refractivity contribution in [2.75, 3.05) is 0 Å². The van der Waals surface area contributed by atoms with Gasteiger partial charge in [0.05, 0.1) is 0 Å². The molecule has 1 aliphatic rings. The Morgan fingerprint density at radius 2 is 2.31 bits per heavy atom. The van der Waals surface area contributed by atoms with E-state index in [0.29, 0.717) is 11.1 Å². The zero-order valence-electron chi connectivity index (χ0n) is 7.63. The molecule has 0 unspecified atom stereocenters. The number of nitrogens with zero attached hydrogens (tertiary/aromatic N) is 1. The van der Waals surface area contributed by atoms with E-state index in [9.17, 15) is 0 Å². The minimum atomic E-state index is 0.157. The van der Waals surface area contributed by atoms with Gasteiger partial charge in [-0.15, -0.1) is 0 Å². The van der Waals surface area contributed by atoms with Crippen LogP contribution >= 0.6 is 11.6 Å². The molecule has 2 rings (SSSR count). The lowest BCUT2D eigenvalue weighted by Gasteiger charge is -2.12. The first-order chi connectivity index (χ1) is 6.18. The summed E-state index contributed by atoms with van der Waals surface area (Å²) < 4.78 is 0. The summed E-state index contributed by atoms with van der Waals surface area (Å²) in [4.78, 5) is 4.06. The van der Waals surface area contributed by atoms with Crippen molar-refractivity contribution >= 4 is 11.6 Å². The van der Waals surface area contributed by atoms with Crippen LogP contribution in [0.3, 0.4) is 0 Å². The topological polar surface area (TPSA) is 38.9 Å². The number of hydrogen-bond donors (Lipinski definition) is 1. The number of aromatic nitrogens is 1. The summed E-state index contributed by atoms with van der Waals surface area (Å²) in [5.74, 6) is 0.668.